The summed E-state index contributed by atoms with van der Waals surface area (Å²) in [5.74, 6) is 1.19. The third kappa shape index (κ3) is 2.48. The van der Waals surface area contributed by atoms with Crippen molar-refractivity contribution in [2.45, 2.75) is 12.0 Å². The number of rotatable bonds is 2. The van der Waals surface area contributed by atoms with Crippen LogP contribution in [0.3, 0.4) is 0 Å². The molecule has 5 aromatic carbocycles. The monoisotopic (exact) mass is 372 g/mol. The summed E-state index contributed by atoms with van der Waals surface area (Å²) in [6.45, 7) is 0. The lowest BCUT2D eigenvalue weighted by Gasteiger charge is -2.20. The van der Waals surface area contributed by atoms with Crippen LogP contribution < -0.4 is 4.74 Å². The third-order valence-corrected chi connectivity index (χ3v) is 6.07. The lowest BCUT2D eigenvalue weighted by atomic mass is 9.82. The van der Waals surface area contributed by atoms with Gasteiger partial charge in [-0.15, -0.1) is 0 Å². The van der Waals surface area contributed by atoms with Crippen LogP contribution in [-0.2, 0) is 0 Å². The Bertz CT molecular complexity index is 1320. The topological polar surface area (TPSA) is 9.23 Å². The Morgan fingerprint density at radius 1 is 0.448 bits per heavy atom. The third-order valence-electron chi connectivity index (χ3n) is 6.07. The molecule has 1 heterocycles. The second-order valence-electron chi connectivity index (χ2n) is 7.67. The minimum absolute atomic E-state index is 0.0391. The Kier molecular flexibility index (Phi) is 3.67. The molecule has 0 N–H and O–H groups in total. The van der Waals surface area contributed by atoms with Gasteiger partial charge in [0.2, 0.25) is 0 Å². The quantitative estimate of drug-likeness (QED) is 0.296. The zero-order chi connectivity index (χ0) is 19.2. The first-order valence-electron chi connectivity index (χ1n) is 10.1. The standard InChI is InChI=1S/C28H20O/c1-3-11-19(12-4-1)25-26-23-17-9-7-15-21(23)22-16-8-10-18-24(22)28(26)29-27(25)20-13-5-2-6-14-20/h1-18,25,27H/t25-,27-/m0/s1. The Hall–Kier alpha value is -3.58. The Labute approximate surface area is 170 Å². The first-order valence-corrected chi connectivity index (χ1v) is 10.1. The van der Waals surface area contributed by atoms with Gasteiger partial charge in [-0.05, 0) is 27.3 Å². The van der Waals surface area contributed by atoms with Gasteiger partial charge in [-0.25, -0.2) is 0 Å². The van der Waals surface area contributed by atoms with E-state index in [1.165, 1.54) is 38.2 Å². The lowest BCUT2D eigenvalue weighted by molar-refractivity contribution is 0.224. The van der Waals surface area contributed by atoms with Gasteiger partial charge in [-0.2, -0.15) is 0 Å². The number of benzene rings is 5. The Balaban J connectivity index is 1.72. The van der Waals surface area contributed by atoms with E-state index in [1.807, 2.05) is 0 Å². The zero-order valence-corrected chi connectivity index (χ0v) is 16.0. The molecule has 1 aliphatic rings. The molecule has 0 saturated carbocycles. The maximum absolute atomic E-state index is 6.78. The zero-order valence-electron chi connectivity index (χ0n) is 16.0. The van der Waals surface area contributed by atoms with Gasteiger partial charge in [0.25, 0.3) is 0 Å². The first kappa shape index (κ1) is 16.4. The predicted octanol–water partition coefficient (Wildman–Crippen LogP) is 7.26. The molecule has 0 unspecified atom stereocenters. The second kappa shape index (κ2) is 6.49. The highest BCUT2D eigenvalue weighted by Gasteiger charge is 2.39. The molecule has 138 valence electrons. The van der Waals surface area contributed by atoms with E-state index >= 15 is 0 Å². The van der Waals surface area contributed by atoms with E-state index in [-0.39, 0.29) is 12.0 Å². The van der Waals surface area contributed by atoms with Crippen molar-refractivity contribution in [3.8, 4) is 5.75 Å². The van der Waals surface area contributed by atoms with Crippen LogP contribution in [0, 0.1) is 0 Å². The van der Waals surface area contributed by atoms with E-state index in [9.17, 15) is 0 Å². The van der Waals surface area contributed by atoms with Gasteiger partial charge < -0.3 is 4.74 Å². The van der Waals surface area contributed by atoms with Crippen molar-refractivity contribution in [3.05, 3.63) is 126 Å². The average molecular weight is 372 g/mol. The molecule has 0 spiro atoms. The highest BCUT2D eigenvalue weighted by molar-refractivity contribution is 6.13. The highest BCUT2D eigenvalue weighted by atomic mass is 16.5. The minimum Gasteiger partial charge on any atom is -0.484 e. The van der Waals surface area contributed by atoms with Crippen molar-refractivity contribution in [1.82, 2.24) is 0 Å². The average Bonchev–Trinajstić information content (AvgIpc) is 3.22. The van der Waals surface area contributed by atoms with Crippen molar-refractivity contribution in [2.75, 3.05) is 0 Å². The summed E-state index contributed by atoms with van der Waals surface area (Å²) in [6, 6.07) is 38.7. The van der Waals surface area contributed by atoms with Crippen molar-refractivity contribution in [3.63, 3.8) is 0 Å². The van der Waals surface area contributed by atoms with Gasteiger partial charge in [0.05, 0.1) is 5.92 Å². The van der Waals surface area contributed by atoms with Gasteiger partial charge >= 0.3 is 0 Å². The maximum Gasteiger partial charge on any atom is 0.135 e. The van der Waals surface area contributed by atoms with E-state index in [0.717, 1.165) is 5.75 Å². The fourth-order valence-corrected chi connectivity index (χ4v) is 4.82. The molecule has 6 rings (SSSR count). The van der Waals surface area contributed by atoms with Crippen molar-refractivity contribution < 1.29 is 4.74 Å². The molecule has 1 aliphatic heterocycles. The van der Waals surface area contributed by atoms with Crippen LogP contribution in [0.15, 0.2) is 109 Å². The van der Waals surface area contributed by atoms with Crippen LogP contribution in [0.1, 0.15) is 28.7 Å². The van der Waals surface area contributed by atoms with Crippen molar-refractivity contribution in [1.29, 1.82) is 0 Å². The number of hydrogen-bond donors (Lipinski definition) is 0. The number of fused-ring (bicyclic) bond motifs is 6. The van der Waals surface area contributed by atoms with Crippen LogP contribution in [0.2, 0.25) is 0 Å². The summed E-state index contributed by atoms with van der Waals surface area (Å²) in [4.78, 5) is 0. The molecule has 0 bridgehead atoms. The van der Waals surface area contributed by atoms with Gasteiger partial charge in [-0.1, -0.05) is 109 Å². The molecular weight excluding hydrogens is 352 g/mol. The lowest BCUT2D eigenvalue weighted by Crippen LogP contribution is -2.11. The van der Waals surface area contributed by atoms with E-state index in [1.54, 1.807) is 0 Å². The molecular formula is C28H20O. The minimum atomic E-state index is -0.0391. The Morgan fingerprint density at radius 3 is 1.59 bits per heavy atom. The highest BCUT2D eigenvalue weighted by Crippen LogP contribution is 2.55. The fourth-order valence-electron chi connectivity index (χ4n) is 4.82. The summed E-state index contributed by atoms with van der Waals surface area (Å²) < 4.78 is 6.78. The summed E-state index contributed by atoms with van der Waals surface area (Å²) in [7, 11) is 0. The van der Waals surface area contributed by atoms with Gasteiger partial charge in [-0.3, -0.25) is 0 Å². The fraction of sp³-hybridized carbons (Fsp3) is 0.0714. The molecule has 1 heteroatoms. The van der Waals surface area contributed by atoms with Crippen LogP contribution >= 0.6 is 0 Å². The molecule has 0 fully saturated rings. The van der Waals surface area contributed by atoms with Gasteiger partial charge in [0.1, 0.15) is 11.9 Å². The molecule has 0 aromatic heterocycles. The molecule has 2 atom stereocenters. The summed E-state index contributed by atoms with van der Waals surface area (Å²) in [5, 5.41) is 5.02. The van der Waals surface area contributed by atoms with E-state index < -0.39 is 0 Å². The summed E-state index contributed by atoms with van der Waals surface area (Å²) in [6.07, 6.45) is -0.0391. The van der Waals surface area contributed by atoms with Gasteiger partial charge in [0, 0.05) is 10.9 Å². The van der Waals surface area contributed by atoms with Crippen LogP contribution in [-0.4, -0.2) is 0 Å². The maximum atomic E-state index is 6.78. The molecule has 5 aromatic rings. The van der Waals surface area contributed by atoms with Crippen molar-refractivity contribution >= 4 is 21.5 Å². The molecule has 1 nitrogen and oxygen atoms in total. The Morgan fingerprint density at radius 2 is 0.931 bits per heavy atom. The molecule has 0 radical (unpaired) electrons. The normalized spacial score (nSPS) is 17.9. The molecule has 0 saturated heterocycles. The largest absolute Gasteiger partial charge is 0.484 e. The second-order valence-corrected chi connectivity index (χ2v) is 7.67. The molecule has 0 amide bonds. The molecule has 29 heavy (non-hydrogen) atoms. The van der Waals surface area contributed by atoms with Crippen LogP contribution in [0.5, 0.6) is 5.75 Å². The first-order chi connectivity index (χ1) is 14.4. The van der Waals surface area contributed by atoms with E-state index in [0.29, 0.717) is 0 Å². The predicted molar refractivity (Wildman–Crippen MR) is 120 cm³/mol. The van der Waals surface area contributed by atoms with E-state index in [2.05, 4.69) is 109 Å². The van der Waals surface area contributed by atoms with Crippen LogP contribution in [0.4, 0.5) is 0 Å². The van der Waals surface area contributed by atoms with Crippen LogP contribution in [0.25, 0.3) is 21.5 Å². The number of ether oxygens (including phenoxy) is 1. The smallest absolute Gasteiger partial charge is 0.135 e. The van der Waals surface area contributed by atoms with E-state index in [4.69, 9.17) is 4.74 Å². The molecule has 0 aliphatic carbocycles. The van der Waals surface area contributed by atoms with Gasteiger partial charge in [0.15, 0.2) is 0 Å². The summed E-state index contributed by atoms with van der Waals surface area (Å²) in [5.41, 5.74) is 3.81. The number of hydrogen-bond acceptors (Lipinski definition) is 1. The SMILES string of the molecule is c1ccc([C@H]2c3c(c4ccccc4c4ccccc34)O[C@H]2c2ccccc2)cc1. The summed E-state index contributed by atoms with van der Waals surface area (Å²) >= 11 is 0. The van der Waals surface area contributed by atoms with Crippen molar-refractivity contribution in [2.24, 2.45) is 0 Å².